The van der Waals surface area contributed by atoms with E-state index in [1.54, 1.807) is 0 Å². The van der Waals surface area contributed by atoms with Crippen LogP contribution in [0.4, 0.5) is 0 Å². The van der Waals surface area contributed by atoms with E-state index in [9.17, 15) is 0 Å². The summed E-state index contributed by atoms with van der Waals surface area (Å²) in [5.41, 5.74) is 1.23. The van der Waals surface area contributed by atoms with Gasteiger partial charge in [-0.3, -0.25) is 9.58 Å². The van der Waals surface area contributed by atoms with Crippen LogP contribution in [-0.2, 0) is 24.4 Å². The summed E-state index contributed by atoms with van der Waals surface area (Å²) < 4.78 is 10.5. The van der Waals surface area contributed by atoms with Gasteiger partial charge in [0.25, 0.3) is 0 Å². The average Bonchev–Trinajstić information content (AvgIpc) is 3.46. The van der Waals surface area contributed by atoms with Crippen LogP contribution in [0.1, 0.15) is 68.3 Å². The molecule has 3 aliphatic rings. The molecule has 4 heterocycles. The van der Waals surface area contributed by atoms with Gasteiger partial charge in [-0.05, 0) is 26.2 Å². The molecule has 0 aromatic carbocycles. The van der Waals surface area contributed by atoms with Crippen LogP contribution in [0.2, 0.25) is 0 Å². The van der Waals surface area contributed by atoms with Gasteiger partial charge in [-0.25, -0.2) is 0 Å². The largest absolute Gasteiger partial charge is 0.373 e. The highest BCUT2D eigenvalue weighted by atomic mass is 16.5. The molecule has 2 aliphatic heterocycles. The van der Waals surface area contributed by atoms with Gasteiger partial charge in [0.2, 0.25) is 0 Å². The van der Waals surface area contributed by atoms with Gasteiger partial charge in [-0.2, -0.15) is 5.10 Å². The van der Waals surface area contributed by atoms with Gasteiger partial charge in [0.1, 0.15) is 11.6 Å². The zero-order chi connectivity index (χ0) is 18.2. The standard InChI is InChI=1S/C20H30N6O/c1-2-25-13-17(11-21-25)19-16(7-10-27-19)12-24-8-9-26-18(14-24)22-23-20(26)15-5-3-4-6-15/h11,13,15-16,19H,2-10,12,14H2,1H3/t16-,19+/m1/s1. The predicted octanol–water partition coefficient (Wildman–Crippen LogP) is 2.75. The molecule has 27 heavy (non-hydrogen) atoms. The molecule has 0 radical (unpaired) electrons. The van der Waals surface area contributed by atoms with E-state index in [4.69, 9.17) is 4.74 Å². The SMILES string of the molecule is CCn1cc([C@H]2OCC[C@@H]2CN2CCn3c(nnc3C3CCCC3)C2)cn1. The Balaban J connectivity index is 1.25. The van der Waals surface area contributed by atoms with E-state index in [-0.39, 0.29) is 6.10 Å². The molecule has 0 N–H and O–H groups in total. The van der Waals surface area contributed by atoms with Crippen molar-refractivity contribution in [2.45, 2.75) is 70.7 Å². The lowest BCUT2D eigenvalue weighted by Gasteiger charge is -2.31. The lowest BCUT2D eigenvalue weighted by molar-refractivity contribution is 0.0731. The maximum Gasteiger partial charge on any atom is 0.147 e. The van der Waals surface area contributed by atoms with E-state index < -0.39 is 0 Å². The molecule has 0 amide bonds. The van der Waals surface area contributed by atoms with E-state index in [0.29, 0.717) is 11.8 Å². The van der Waals surface area contributed by atoms with Gasteiger partial charge < -0.3 is 9.30 Å². The molecular weight excluding hydrogens is 340 g/mol. The van der Waals surface area contributed by atoms with Crippen molar-refractivity contribution in [2.75, 3.05) is 19.7 Å². The van der Waals surface area contributed by atoms with Crippen LogP contribution in [-0.4, -0.2) is 49.1 Å². The van der Waals surface area contributed by atoms with Crippen molar-refractivity contribution in [1.29, 1.82) is 0 Å². The molecule has 0 spiro atoms. The molecule has 2 aromatic rings. The van der Waals surface area contributed by atoms with E-state index in [2.05, 4.69) is 37.9 Å². The summed E-state index contributed by atoms with van der Waals surface area (Å²) in [6, 6.07) is 0. The summed E-state index contributed by atoms with van der Waals surface area (Å²) in [5.74, 6) is 3.57. The predicted molar refractivity (Wildman–Crippen MR) is 101 cm³/mol. The summed E-state index contributed by atoms with van der Waals surface area (Å²) in [4.78, 5) is 2.54. The van der Waals surface area contributed by atoms with Gasteiger partial charge >= 0.3 is 0 Å². The summed E-state index contributed by atoms with van der Waals surface area (Å²) in [6.07, 6.45) is 10.7. The molecule has 1 saturated carbocycles. The Morgan fingerprint density at radius 3 is 2.85 bits per heavy atom. The number of aromatic nitrogens is 5. The van der Waals surface area contributed by atoms with Crippen LogP contribution < -0.4 is 0 Å². The number of fused-ring (bicyclic) bond motifs is 1. The number of nitrogens with zero attached hydrogens (tertiary/aromatic N) is 6. The van der Waals surface area contributed by atoms with Gasteiger partial charge in [0.15, 0.2) is 0 Å². The number of hydrogen-bond donors (Lipinski definition) is 0. The van der Waals surface area contributed by atoms with Crippen LogP contribution in [0.5, 0.6) is 0 Å². The van der Waals surface area contributed by atoms with Crippen LogP contribution >= 0.6 is 0 Å². The summed E-state index contributed by atoms with van der Waals surface area (Å²) in [7, 11) is 0. The first-order valence-corrected chi connectivity index (χ1v) is 10.6. The fourth-order valence-corrected chi connectivity index (χ4v) is 5.09. The summed E-state index contributed by atoms with van der Waals surface area (Å²) >= 11 is 0. The van der Waals surface area contributed by atoms with E-state index in [0.717, 1.165) is 51.6 Å². The molecule has 1 saturated heterocycles. The molecule has 0 bridgehead atoms. The quantitative estimate of drug-likeness (QED) is 0.810. The minimum Gasteiger partial charge on any atom is -0.373 e. The third kappa shape index (κ3) is 3.31. The summed E-state index contributed by atoms with van der Waals surface area (Å²) in [6.45, 7) is 7.96. The third-order valence-corrected chi connectivity index (χ3v) is 6.59. The van der Waals surface area contributed by atoms with Crippen molar-refractivity contribution < 1.29 is 4.74 Å². The first kappa shape index (κ1) is 17.4. The van der Waals surface area contributed by atoms with Crippen molar-refractivity contribution in [1.82, 2.24) is 29.4 Å². The second kappa shape index (κ2) is 7.36. The monoisotopic (exact) mass is 370 g/mol. The highest BCUT2D eigenvalue weighted by molar-refractivity contribution is 5.12. The van der Waals surface area contributed by atoms with Gasteiger partial charge in [-0.1, -0.05) is 12.8 Å². The molecule has 2 fully saturated rings. The van der Waals surface area contributed by atoms with E-state index in [1.165, 1.54) is 37.1 Å². The van der Waals surface area contributed by atoms with Crippen LogP contribution in [0.3, 0.4) is 0 Å². The Morgan fingerprint density at radius 2 is 2.04 bits per heavy atom. The van der Waals surface area contributed by atoms with Crippen molar-refractivity contribution in [3.8, 4) is 0 Å². The van der Waals surface area contributed by atoms with Crippen molar-refractivity contribution in [3.05, 3.63) is 29.6 Å². The topological polar surface area (TPSA) is 61.0 Å². The highest BCUT2D eigenvalue weighted by Crippen LogP contribution is 2.36. The Kier molecular flexibility index (Phi) is 4.73. The number of aryl methyl sites for hydroxylation is 1. The lowest BCUT2D eigenvalue weighted by atomic mass is 9.96. The minimum atomic E-state index is 0.180. The molecule has 1 aliphatic carbocycles. The zero-order valence-corrected chi connectivity index (χ0v) is 16.3. The smallest absolute Gasteiger partial charge is 0.147 e. The Labute approximate surface area is 160 Å². The Morgan fingerprint density at radius 1 is 1.15 bits per heavy atom. The number of rotatable bonds is 5. The number of ether oxygens (including phenoxy) is 1. The first-order chi connectivity index (χ1) is 13.3. The van der Waals surface area contributed by atoms with Crippen LogP contribution in [0.15, 0.2) is 12.4 Å². The molecule has 2 atom stereocenters. The molecular formula is C20H30N6O. The van der Waals surface area contributed by atoms with Crippen LogP contribution in [0, 0.1) is 5.92 Å². The molecule has 146 valence electrons. The first-order valence-electron chi connectivity index (χ1n) is 10.6. The average molecular weight is 371 g/mol. The lowest BCUT2D eigenvalue weighted by Crippen LogP contribution is -2.38. The second-order valence-electron chi connectivity index (χ2n) is 8.31. The molecule has 2 aromatic heterocycles. The summed E-state index contributed by atoms with van der Waals surface area (Å²) in [5, 5.41) is 13.5. The van der Waals surface area contributed by atoms with E-state index >= 15 is 0 Å². The van der Waals surface area contributed by atoms with Gasteiger partial charge in [0, 0.05) is 56.4 Å². The van der Waals surface area contributed by atoms with Gasteiger partial charge in [0.05, 0.1) is 18.8 Å². The van der Waals surface area contributed by atoms with Crippen molar-refractivity contribution in [2.24, 2.45) is 5.92 Å². The maximum atomic E-state index is 6.08. The number of hydrogen-bond acceptors (Lipinski definition) is 5. The zero-order valence-electron chi connectivity index (χ0n) is 16.3. The Bertz CT molecular complexity index is 777. The van der Waals surface area contributed by atoms with E-state index in [1.807, 2.05) is 10.9 Å². The Hall–Kier alpha value is -1.73. The maximum absolute atomic E-state index is 6.08. The molecule has 5 rings (SSSR count). The fourth-order valence-electron chi connectivity index (χ4n) is 5.09. The normalized spacial score (nSPS) is 26.7. The second-order valence-corrected chi connectivity index (χ2v) is 8.31. The third-order valence-electron chi connectivity index (χ3n) is 6.59. The molecule has 7 nitrogen and oxygen atoms in total. The van der Waals surface area contributed by atoms with Gasteiger partial charge in [-0.15, -0.1) is 10.2 Å². The fraction of sp³-hybridized carbons (Fsp3) is 0.750. The highest BCUT2D eigenvalue weighted by Gasteiger charge is 2.34. The van der Waals surface area contributed by atoms with Crippen molar-refractivity contribution >= 4 is 0 Å². The molecule has 7 heteroatoms. The van der Waals surface area contributed by atoms with Crippen LogP contribution in [0.25, 0.3) is 0 Å². The molecule has 0 unspecified atom stereocenters. The van der Waals surface area contributed by atoms with Crippen molar-refractivity contribution in [3.63, 3.8) is 0 Å². The minimum absolute atomic E-state index is 0.180.